The Morgan fingerprint density at radius 1 is 1.44 bits per heavy atom. The van der Waals surface area contributed by atoms with Crippen LogP contribution in [-0.2, 0) is 4.79 Å². The van der Waals surface area contributed by atoms with E-state index in [-0.39, 0.29) is 0 Å². The Kier molecular flexibility index (Phi) is 3.94. The number of hydrogen-bond donors (Lipinski definition) is 2. The number of carbonyl (C=O) groups is 1. The summed E-state index contributed by atoms with van der Waals surface area (Å²) in [5.74, 6) is -1.23. The largest absolute Gasteiger partial charge is 0.481 e. The van der Waals surface area contributed by atoms with Crippen LogP contribution in [-0.4, -0.2) is 22.6 Å². The maximum Gasteiger partial charge on any atom is 0.308 e. The number of anilines is 1. The summed E-state index contributed by atoms with van der Waals surface area (Å²) in [6.45, 7) is 2.05. The summed E-state index contributed by atoms with van der Waals surface area (Å²) in [4.78, 5) is 15.1. The van der Waals surface area contributed by atoms with Gasteiger partial charge in [-0.2, -0.15) is 0 Å². The molecule has 1 aromatic heterocycles. The van der Waals surface area contributed by atoms with Crippen LogP contribution in [0.3, 0.4) is 0 Å². The van der Waals surface area contributed by atoms with E-state index in [2.05, 4.69) is 10.3 Å². The van der Waals surface area contributed by atoms with Crippen molar-refractivity contribution in [3.8, 4) is 11.3 Å². The van der Waals surface area contributed by atoms with Crippen molar-refractivity contribution in [2.45, 2.75) is 6.92 Å². The van der Waals surface area contributed by atoms with Crippen LogP contribution in [0.1, 0.15) is 6.92 Å². The van der Waals surface area contributed by atoms with Gasteiger partial charge in [0.15, 0.2) is 5.13 Å². The minimum atomic E-state index is -0.803. The quantitative estimate of drug-likeness (QED) is 0.869. The van der Waals surface area contributed by atoms with Gasteiger partial charge < -0.3 is 10.4 Å². The Bertz CT molecular complexity index is 525. The van der Waals surface area contributed by atoms with Crippen LogP contribution in [0, 0.1) is 5.92 Å². The van der Waals surface area contributed by atoms with Crippen molar-refractivity contribution in [3.05, 3.63) is 35.7 Å². The highest BCUT2D eigenvalue weighted by Gasteiger charge is 2.11. The van der Waals surface area contributed by atoms with Gasteiger partial charge in [-0.3, -0.25) is 4.79 Å². The predicted octanol–water partition coefficient (Wildman–Crippen LogP) is 2.94. The molecule has 0 aliphatic carbocycles. The minimum Gasteiger partial charge on any atom is -0.481 e. The lowest BCUT2D eigenvalue weighted by molar-refractivity contribution is -0.140. The summed E-state index contributed by atoms with van der Waals surface area (Å²) in [5.41, 5.74) is 1.97. The number of hydrogen-bond acceptors (Lipinski definition) is 4. The Balaban J connectivity index is 2.01. The lowest BCUT2D eigenvalue weighted by atomic mass is 10.2. The number of thiazole rings is 1. The summed E-state index contributed by atoms with van der Waals surface area (Å²) < 4.78 is 0. The van der Waals surface area contributed by atoms with E-state index in [1.54, 1.807) is 6.92 Å². The van der Waals surface area contributed by atoms with Crippen LogP contribution in [0.15, 0.2) is 35.7 Å². The van der Waals surface area contributed by atoms with Gasteiger partial charge >= 0.3 is 5.97 Å². The number of benzene rings is 1. The number of nitrogens with zero attached hydrogens (tertiary/aromatic N) is 1. The first-order valence-corrected chi connectivity index (χ1v) is 6.52. The van der Waals surface area contributed by atoms with Crippen LogP contribution in [0.25, 0.3) is 11.3 Å². The molecule has 0 saturated heterocycles. The van der Waals surface area contributed by atoms with Gasteiger partial charge in [-0.05, 0) is 0 Å². The van der Waals surface area contributed by atoms with Crippen molar-refractivity contribution in [1.29, 1.82) is 0 Å². The zero-order valence-corrected chi connectivity index (χ0v) is 10.8. The van der Waals surface area contributed by atoms with E-state index < -0.39 is 11.9 Å². The molecule has 0 saturated carbocycles. The monoisotopic (exact) mass is 262 g/mol. The maximum absolute atomic E-state index is 10.7. The molecule has 4 nitrogen and oxygen atoms in total. The van der Waals surface area contributed by atoms with Crippen molar-refractivity contribution in [1.82, 2.24) is 4.98 Å². The first kappa shape index (κ1) is 12.6. The fourth-order valence-corrected chi connectivity index (χ4v) is 2.15. The summed E-state index contributed by atoms with van der Waals surface area (Å²) in [6, 6.07) is 9.89. The Hall–Kier alpha value is -1.88. The molecule has 2 aromatic rings. The van der Waals surface area contributed by atoms with Gasteiger partial charge in [0.1, 0.15) is 0 Å². The number of aliphatic carboxylic acids is 1. The predicted molar refractivity (Wildman–Crippen MR) is 72.8 cm³/mol. The van der Waals surface area contributed by atoms with Crippen molar-refractivity contribution in [2.24, 2.45) is 5.92 Å². The summed E-state index contributed by atoms with van der Waals surface area (Å²) >= 11 is 1.48. The summed E-state index contributed by atoms with van der Waals surface area (Å²) in [6.07, 6.45) is 0. The van der Waals surface area contributed by atoms with E-state index in [9.17, 15) is 4.79 Å². The molecule has 2 rings (SSSR count). The van der Waals surface area contributed by atoms with Crippen molar-refractivity contribution < 1.29 is 9.90 Å². The van der Waals surface area contributed by atoms with E-state index in [4.69, 9.17) is 5.11 Å². The number of carboxylic acid groups (broad SMARTS) is 1. The van der Waals surface area contributed by atoms with Gasteiger partial charge in [-0.25, -0.2) is 4.98 Å². The van der Waals surface area contributed by atoms with Gasteiger partial charge in [-0.1, -0.05) is 37.3 Å². The molecule has 5 heteroatoms. The molecule has 0 aliphatic heterocycles. The average molecular weight is 262 g/mol. The third-order valence-corrected chi connectivity index (χ3v) is 3.35. The van der Waals surface area contributed by atoms with Crippen LogP contribution in [0.4, 0.5) is 5.13 Å². The molecule has 2 N–H and O–H groups in total. The van der Waals surface area contributed by atoms with Gasteiger partial charge in [0.05, 0.1) is 11.6 Å². The van der Waals surface area contributed by atoms with Crippen molar-refractivity contribution in [3.63, 3.8) is 0 Å². The first-order chi connectivity index (χ1) is 8.66. The van der Waals surface area contributed by atoms with Crippen molar-refractivity contribution in [2.75, 3.05) is 11.9 Å². The van der Waals surface area contributed by atoms with Crippen molar-refractivity contribution >= 4 is 22.4 Å². The van der Waals surface area contributed by atoms with Crippen LogP contribution in [0.2, 0.25) is 0 Å². The molecule has 0 bridgehead atoms. The molecule has 1 atom stereocenters. The molecule has 0 spiro atoms. The van der Waals surface area contributed by atoms with Crippen LogP contribution in [0.5, 0.6) is 0 Å². The molecule has 1 unspecified atom stereocenters. The van der Waals surface area contributed by atoms with Gasteiger partial charge in [0, 0.05) is 17.5 Å². The zero-order chi connectivity index (χ0) is 13.0. The molecule has 1 aromatic carbocycles. The molecule has 18 heavy (non-hydrogen) atoms. The Labute approximate surface area is 109 Å². The van der Waals surface area contributed by atoms with E-state index in [0.717, 1.165) is 16.4 Å². The minimum absolute atomic E-state index is 0.386. The topological polar surface area (TPSA) is 62.2 Å². The number of carboxylic acids is 1. The third kappa shape index (κ3) is 3.07. The molecular weight excluding hydrogens is 248 g/mol. The highest BCUT2D eigenvalue weighted by atomic mass is 32.1. The smallest absolute Gasteiger partial charge is 0.308 e. The molecular formula is C13H14N2O2S. The number of aromatic nitrogens is 1. The second-order valence-electron chi connectivity index (χ2n) is 4.02. The number of nitrogens with one attached hydrogen (secondary N) is 1. The normalized spacial score (nSPS) is 12.1. The van der Waals surface area contributed by atoms with Gasteiger partial charge in [0.25, 0.3) is 0 Å². The molecule has 0 fully saturated rings. The second kappa shape index (κ2) is 5.64. The first-order valence-electron chi connectivity index (χ1n) is 5.64. The average Bonchev–Trinajstić information content (AvgIpc) is 2.85. The molecule has 0 aliphatic rings. The molecule has 1 heterocycles. The highest BCUT2D eigenvalue weighted by molar-refractivity contribution is 7.14. The summed E-state index contributed by atoms with van der Waals surface area (Å²) in [7, 11) is 0. The molecule has 0 radical (unpaired) electrons. The summed E-state index contributed by atoms with van der Waals surface area (Å²) in [5, 5.41) is 14.5. The fourth-order valence-electron chi connectivity index (χ4n) is 1.42. The zero-order valence-electron chi connectivity index (χ0n) is 9.96. The third-order valence-electron chi connectivity index (χ3n) is 2.55. The maximum atomic E-state index is 10.7. The van der Waals surface area contributed by atoms with Crippen LogP contribution < -0.4 is 5.32 Å². The second-order valence-corrected chi connectivity index (χ2v) is 4.88. The van der Waals surface area contributed by atoms with Gasteiger partial charge in [0.2, 0.25) is 0 Å². The van der Waals surface area contributed by atoms with E-state index in [1.165, 1.54) is 11.3 Å². The lowest BCUT2D eigenvalue weighted by Gasteiger charge is -2.06. The standard InChI is InChI=1S/C13H14N2O2S/c1-9(12(16)17)7-14-13-15-11(8-18-13)10-5-3-2-4-6-10/h2-6,8-9H,7H2,1H3,(H,14,15)(H,16,17). The SMILES string of the molecule is CC(CNc1nc(-c2ccccc2)cs1)C(=O)O. The Morgan fingerprint density at radius 3 is 2.83 bits per heavy atom. The molecule has 0 amide bonds. The van der Waals surface area contributed by atoms with Gasteiger partial charge in [-0.15, -0.1) is 11.3 Å². The Morgan fingerprint density at radius 2 is 2.17 bits per heavy atom. The van der Waals surface area contributed by atoms with E-state index >= 15 is 0 Å². The fraction of sp³-hybridized carbons (Fsp3) is 0.231. The lowest BCUT2D eigenvalue weighted by Crippen LogP contribution is -2.19. The van der Waals surface area contributed by atoms with Crippen LogP contribution >= 0.6 is 11.3 Å². The number of rotatable bonds is 5. The van der Waals surface area contributed by atoms with E-state index in [0.29, 0.717) is 6.54 Å². The highest BCUT2D eigenvalue weighted by Crippen LogP contribution is 2.24. The van der Waals surface area contributed by atoms with E-state index in [1.807, 2.05) is 35.7 Å². The molecule has 94 valence electrons.